The van der Waals surface area contributed by atoms with Crippen LogP contribution in [0.4, 0.5) is 0 Å². The fraction of sp³-hybridized carbons (Fsp3) is 0.667. The largest absolute Gasteiger partial charge is 0.465 e. The first kappa shape index (κ1) is 21.1. The van der Waals surface area contributed by atoms with E-state index >= 15 is 0 Å². The molecule has 0 aromatic heterocycles. The summed E-state index contributed by atoms with van der Waals surface area (Å²) in [5.74, 6) is -1.00. The van der Waals surface area contributed by atoms with E-state index in [4.69, 9.17) is 25.8 Å². The van der Waals surface area contributed by atoms with Crippen LogP contribution in [0.1, 0.15) is 34.1 Å². The van der Waals surface area contributed by atoms with Crippen molar-refractivity contribution in [1.29, 1.82) is 0 Å². The number of ether oxygens (including phenoxy) is 3. The minimum absolute atomic E-state index is 0.165. The van der Waals surface area contributed by atoms with E-state index in [0.717, 1.165) is 0 Å². The number of terminal acetylenes is 2. The van der Waals surface area contributed by atoms with Crippen molar-refractivity contribution >= 4 is 17.6 Å². The van der Waals surface area contributed by atoms with E-state index in [2.05, 4.69) is 25.7 Å². The lowest BCUT2D eigenvalue weighted by molar-refractivity contribution is -0.151. The normalized spacial score (nSPS) is 22.1. The number of carbonyl (C=O) groups excluding carboxylic acids is 1. The second-order valence-electron chi connectivity index (χ2n) is 4.57. The molecule has 0 saturated carbocycles. The summed E-state index contributed by atoms with van der Waals surface area (Å²) in [6.07, 6.45) is 16.2. The Hall–Kier alpha value is -1.20. The maximum absolute atomic E-state index is 11.6. The number of hydrogen-bond donors (Lipinski definition) is 0. The van der Waals surface area contributed by atoms with Gasteiger partial charge in [0.1, 0.15) is 4.87 Å². The molecular weight excluding hydrogens is 280 g/mol. The summed E-state index contributed by atoms with van der Waals surface area (Å²) in [6, 6.07) is 0. The molecule has 1 fully saturated rings. The van der Waals surface area contributed by atoms with Crippen LogP contribution in [-0.2, 0) is 19.0 Å². The Balaban J connectivity index is 0. The summed E-state index contributed by atoms with van der Waals surface area (Å²) in [4.78, 5) is 10.5. The molecule has 4 nitrogen and oxygen atoms in total. The van der Waals surface area contributed by atoms with Gasteiger partial charge in [-0.05, 0) is 27.7 Å². The number of carbonyl (C=O) groups is 1. The first-order valence-electron chi connectivity index (χ1n) is 6.11. The molecule has 1 heterocycles. The van der Waals surface area contributed by atoms with E-state index in [1.807, 2.05) is 13.8 Å². The van der Waals surface area contributed by atoms with E-state index in [-0.39, 0.29) is 6.10 Å². The van der Waals surface area contributed by atoms with Crippen molar-refractivity contribution in [2.45, 2.75) is 50.9 Å². The third-order valence-corrected chi connectivity index (χ3v) is 2.69. The molecule has 1 aliphatic heterocycles. The molecular formula is C15H23ClO4. The molecule has 0 bridgehead atoms. The molecule has 1 rings (SSSR count). The Bertz CT molecular complexity index is 325. The molecule has 1 saturated heterocycles. The third kappa shape index (κ3) is 7.40. The van der Waals surface area contributed by atoms with Crippen LogP contribution in [0.25, 0.3) is 0 Å². The van der Waals surface area contributed by atoms with Gasteiger partial charge in [0.25, 0.3) is 0 Å². The van der Waals surface area contributed by atoms with Crippen LogP contribution in [0.3, 0.4) is 0 Å². The summed E-state index contributed by atoms with van der Waals surface area (Å²) in [6.45, 7) is 7.85. The SMILES string of the molecule is C#C.C#C.CCOC(=O)C(C)(Cl)CC1COC(C)(C)O1. The minimum atomic E-state index is -1.05. The number of halogens is 1. The number of alkyl halides is 1. The second kappa shape index (κ2) is 9.66. The van der Waals surface area contributed by atoms with Crippen molar-refractivity contribution < 1.29 is 19.0 Å². The Kier molecular flexibility index (Phi) is 10.2. The van der Waals surface area contributed by atoms with Gasteiger partial charge in [0.2, 0.25) is 0 Å². The molecule has 0 amide bonds. The summed E-state index contributed by atoms with van der Waals surface area (Å²) in [5, 5.41) is 0. The van der Waals surface area contributed by atoms with Gasteiger partial charge in [-0.25, -0.2) is 0 Å². The topological polar surface area (TPSA) is 44.8 Å². The fourth-order valence-corrected chi connectivity index (χ4v) is 1.88. The van der Waals surface area contributed by atoms with E-state index in [0.29, 0.717) is 19.6 Å². The van der Waals surface area contributed by atoms with E-state index in [1.54, 1.807) is 13.8 Å². The van der Waals surface area contributed by atoms with Crippen molar-refractivity contribution in [3.8, 4) is 25.7 Å². The predicted molar refractivity (Wildman–Crippen MR) is 80.2 cm³/mol. The van der Waals surface area contributed by atoms with Crippen molar-refractivity contribution in [3.63, 3.8) is 0 Å². The third-order valence-electron chi connectivity index (χ3n) is 2.38. The van der Waals surface area contributed by atoms with Gasteiger partial charge in [-0.3, -0.25) is 4.79 Å². The summed E-state index contributed by atoms with van der Waals surface area (Å²) in [5.41, 5.74) is 0. The van der Waals surface area contributed by atoms with Crippen LogP contribution >= 0.6 is 11.6 Å². The lowest BCUT2D eigenvalue weighted by Gasteiger charge is -2.23. The lowest BCUT2D eigenvalue weighted by Crippen LogP contribution is -2.36. The zero-order chi connectivity index (χ0) is 16.4. The average molecular weight is 303 g/mol. The van der Waals surface area contributed by atoms with Gasteiger partial charge in [-0.15, -0.1) is 37.3 Å². The van der Waals surface area contributed by atoms with Gasteiger partial charge in [0.15, 0.2) is 5.79 Å². The Morgan fingerprint density at radius 3 is 2.25 bits per heavy atom. The van der Waals surface area contributed by atoms with Gasteiger partial charge >= 0.3 is 5.97 Å². The summed E-state index contributed by atoms with van der Waals surface area (Å²) < 4.78 is 15.9. The monoisotopic (exact) mass is 302 g/mol. The van der Waals surface area contributed by atoms with E-state index in [1.165, 1.54) is 0 Å². The Labute approximate surface area is 127 Å². The zero-order valence-electron chi connectivity index (χ0n) is 12.5. The van der Waals surface area contributed by atoms with Crippen LogP contribution in [0.5, 0.6) is 0 Å². The highest BCUT2D eigenvalue weighted by Gasteiger charge is 2.41. The lowest BCUT2D eigenvalue weighted by atomic mass is 10.0. The molecule has 0 aromatic carbocycles. The van der Waals surface area contributed by atoms with Gasteiger partial charge < -0.3 is 14.2 Å². The first-order chi connectivity index (χ1) is 9.27. The predicted octanol–water partition coefficient (Wildman–Crippen LogP) is 2.59. The van der Waals surface area contributed by atoms with Gasteiger partial charge in [-0.2, -0.15) is 0 Å². The Morgan fingerprint density at radius 1 is 1.40 bits per heavy atom. The maximum atomic E-state index is 11.6. The minimum Gasteiger partial charge on any atom is -0.465 e. The summed E-state index contributed by atoms with van der Waals surface area (Å²) in [7, 11) is 0. The highest BCUT2D eigenvalue weighted by molar-refractivity contribution is 6.33. The van der Waals surface area contributed by atoms with Gasteiger partial charge in [0, 0.05) is 6.42 Å². The molecule has 20 heavy (non-hydrogen) atoms. The molecule has 114 valence electrons. The quantitative estimate of drug-likeness (QED) is 0.455. The maximum Gasteiger partial charge on any atom is 0.326 e. The molecule has 2 unspecified atom stereocenters. The van der Waals surface area contributed by atoms with Crippen molar-refractivity contribution in [1.82, 2.24) is 0 Å². The standard InChI is InChI=1S/C11H19ClO4.2C2H2/c1-5-14-9(13)11(4,12)6-8-7-15-10(2,3)16-8;2*1-2/h8H,5-7H2,1-4H3;2*1-2H. The summed E-state index contributed by atoms with van der Waals surface area (Å²) >= 11 is 6.13. The molecule has 0 radical (unpaired) electrons. The number of esters is 1. The van der Waals surface area contributed by atoms with Crippen LogP contribution in [0.2, 0.25) is 0 Å². The first-order valence-corrected chi connectivity index (χ1v) is 6.49. The molecule has 0 spiro atoms. The van der Waals surface area contributed by atoms with Crippen molar-refractivity contribution in [2.24, 2.45) is 0 Å². The van der Waals surface area contributed by atoms with Crippen LogP contribution < -0.4 is 0 Å². The van der Waals surface area contributed by atoms with E-state index in [9.17, 15) is 4.79 Å². The molecule has 0 N–H and O–H groups in total. The van der Waals surface area contributed by atoms with Gasteiger partial charge in [-0.1, -0.05) is 0 Å². The Morgan fingerprint density at radius 2 is 1.90 bits per heavy atom. The van der Waals surface area contributed by atoms with Crippen molar-refractivity contribution in [2.75, 3.05) is 13.2 Å². The van der Waals surface area contributed by atoms with Crippen LogP contribution in [-0.4, -0.2) is 35.9 Å². The molecule has 2 atom stereocenters. The van der Waals surface area contributed by atoms with Crippen molar-refractivity contribution in [3.05, 3.63) is 0 Å². The van der Waals surface area contributed by atoms with Crippen LogP contribution in [0, 0.1) is 25.7 Å². The smallest absolute Gasteiger partial charge is 0.326 e. The molecule has 0 aromatic rings. The van der Waals surface area contributed by atoms with Gasteiger partial charge in [0.05, 0.1) is 19.3 Å². The second-order valence-corrected chi connectivity index (χ2v) is 5.41. The number of rotatable bonds is 4. The van der Waals surface area contributed by atoms with Crippen LogP contribution in [0.15, 0.2) is 0 Å². The number of hydrogen-bond acceptors (Lipinski definition) is 4. The molecule has 1 aliphatic rings. The highest BCUT2D eigenvalue weighted by atomic mass is 35.5. The fourth-order valence-electron chi connectivity index (χ4n) is 1.66. The average Bonchev–Trinajstić information content (AvgIpc) is 2.73. The molecule has 0 aliphatic carbocycles. The zero-order valence-corrected chi connectivity index (χ0v) is 13.3. The highest BCUT2D eigenvalue weighted by Crippen LogP contribution is 2.31. The molecule has 5 heteroatoms. The van der Waals surface area contributed by atoms with E-state index < -0.39 is 16.6 Å².